The van der Waals surface area contributed by atoms with Crippen molar-refractivity contribution in [2.75, 3.05) is 17.1 Å². The molecule has 0 unspecified atom stereocenters. The van der Waals surface area contributed by atoms with Crippen LogP contribution < -0.4 is 14.8 Å². The van der Waals surface area contributed by atoms with Gasteiger partial charge >= 0.3 is 0 Å². The average molecular weight is 466 g/mol. The quantitative estimate of drug-likeness (QED) is 0.572. The molecule has 1 heterocycles. The van der Waals surface area contributed by atoms with Crippen LogP contribution in [0.3, 0.4) is 0 Å². The lowest BCUT2D eigenvalue weighted by atomic mass is 10.2. The number of aromatic nitrogens is 1. The SMILES string of the molecule is COc1ccc(C(=O)Nc2ccc(S(=O)(=O)Nc3cc(C)on3)cc2)cc1Br. The number of halogens is 1. The largest absolute Gasteiger partial charge is 0.496 e. The molecule has 2 aromatic carbocycles. The van der Waals surface area contributed by atoms with E-state index in [9.17, 15) is 13.2 Å². The highest BCUT2D eigenvalue weighted by Crippen LogP contribution is 2.26. The van der Waals surface area contributed by atoms with E-state index in [2.05, 4.69) is 31.1 Å². The minimum atomic E-state index is -3.82. The predicted molar refractivity (Wildman–Crippen MR) is 107 cm³/mol. The standard InChI is InChI=1S/C18H16BrN3O5S/c1-11-9-17(21-27-11)22-28(24,25)14-6-4-13(5-7-14)20-18(23)12-3-8-16(26-2)15(19)10-12/h3-10H,1-2H3,(H,20,23)(H,21,22). The number of amides is 1. The molecule has 0 aliphatic rings. The van der Waals surface area contributed by atoms with Crippen molar-refractivity contribution in [1.29, 1.82) is 0 Å². The van der Waals surface area contributed by atoms with Gasteiger partial charge < -0.3 is 14.6 Å². The van der Waals surface area contributed by atoms with Crippen LogP contribution in [0.15, 0.2) is 62.4 Å². The zero-order valence-electron chi connectivity index (χ0n) is 14.9. The fourth-order valence-electron chi connectivity index (χ4n) is 2.34. The Morgan fingerprint density at radius 3 is 2.43 bits per heavy atom. The molecule has 0 saturated heterocycles. The number of methoxy groups -OCH3 is 1. The summed E-state index contributed by atoms with van der Waals surface area (Å²) < 4.78 is 37.7. The second kappa shape index (κ2) is 8.03. The third-order valence-electron chi connectivity index (χ3n) is 3.70. The van der Waals surface area contributed by atoms with Crippen molar-refractivity contribution in [2.45, 2.75) is 11.8 Å². The summed E-state index contributed by atoms with van der Waals surface area (Å²) in [6.45, 7) is 1.66. The maximum Gasteiger partial charge on any atom is 0.263 e. The Hall–Kier alpha value is -2.85. The van der Waals surface area contributed by atoms with Gasteiger partial charge in [-0.05, 0) is 65.3 Å². The Kier molecular flexibility index (Phi) is 5.71. The third kappa shape index (κ3) is 4.52. The Bertz CT molecular complexity index is 1110. The van der Waals surface area contributed by atoms with Gasteiger partial charge in [0.05, 0.1) is 16.5 Å². The summed E-state index contributed by atoms with van der Waals surface area (Å²) in [5, 5.41) is 6.31. The lowest BCUT2D eigenvalue weighted by Crippen LogP contribution is -2.14. The van der Waals surface area contributed by atoms with E-state index in [0.29, 0.717) is 27.2 Å². The number of carbonyl (C=O) groups excluding carboxylic acids is 1. The molecule has 0 radical (unpaired) electrons. The van der Waals surface area contributed by atoms with E-state index in [4.69, 9.17) is 9.26 Å². The summed E-state index contributed by atoms with van der Waals surface area (Å²) in [6.07, 6.45) is 0. The van der Waals surface area contributed by atoms with Crippen molar-refractivity contribution >= 4 is 43.4 Å². The Morgan fingerprint density at radius 2 is 1.86 bits per heavy atom. The summed E-state index contributed by atoms with van der Waals surface area (Å²) >= 11 is 3.33. The van der Waals surface area contributed by atoms with E-state index in [1.807, 2.05) is 0 Å². The number of ether oxygens (including phenoxy) is 1. The number of nitrogens with one attached hydrogen (secondary N) is 2. The highest BCUT2D eigenvalue weighted by Gasteiger charge is 2.16. The number of hydrogen-bond donors (Lipinski definition) is 2. The van der Waals surface area contributed by atoms with E-state index in [0.717, 1.165) is 0 Å². The molecule has 0 aliphatic heterocycles. The smallest absolute Gasteiger partial charge is 0.263 e. The molecule has 0 fully saturated rings. The van der Waals surface area contributed by atoms with Gasteiger partial charge in [0.25, 0.3) is 15.9 Å². The second-order valence-corrected chi connectivity index (χ2v) is 8.29. The molecule has 0 aliphatic carbocycles. The second-order valence-electron chi connectivity index (χ2n) is 5.76. The Labute approximate surface area is 170 Å². The zero-order chi connectivity index (χ0) is 20.3. The van der Waals surface area contributed by atoms with Crippen LogP contribution in [-0.2, 0) is 10.0 Å². The van der Waals surface area contributed by atoms with E-state index in [1.54, 1.807) is 25.1 Å². The van der Waals surface area contributed by atoms with E-state index >= 15 is 0 Å². The number of sulfonamides is 1. The van der Waals surface area contributed by atoms with E-state index in [-0.39, 0.29) is 16.6 Å². The molecule has 0 bridgehead atoms. The lowest BCUT2D eigenvalue weighted by molar-refractivity contribution is 0.102. The molecule has 10 heteroatoms. The molecule has 28 heavy (non-hydrogen) atoms. The van der Waals surface area contributed by atoms with Gasteiger partial charge in [-0.3, -0.25) is 9.52 Å². The molecule has 0 spiro atoms. The normalized spacial score (nSPS) is 11.1. The maximum absolute atomic E-state index is 12.4. The summed E-state index contributed by atoms with van der Waals surface area (Å²) in [7, 11) is -2.28. The first kappa shape index (κ1) is 19.9. The third-order valence-corrected chi connectivity index (χ3v) is 5.69. The fourth-order valence-corrected chi connectivity index (χ4v) is 3.86. The van der Waals surface area contributed by atoms with Crippen LogP contribution in [0.2, 0.25) is 0 Å². The van der Waals surface area contributed by atoms with E-state index in [1.165, 1.54) is 37.4 Å². The van der Waals surface area contributed by atoms with Crippen molar-refractivity contribution in [2.24, 2.45) is 0 Å². The molecular weight excluding hydrogens is 450 g/mol. The first-order chi connectivity index (χ1) is 13.3. The Balaban J connectivity index is 1.71. The highest BCUT2D eigenvalue weighted by atomic mass is 79.9. The molecule has 0 atom stereocenters. The molecule has 2 N–H and O–H groups in total. The van der Waals surface area contributed by atoms with Crippen molar-refractivity contribution in [3.63, 3.8) is 0 Å². The monoisotopic (exact) mass is 465 g/mol. The summed E-state index contributed by atoms with van der Waals surface area (Å²) in [5.74, 6) is 0.858. The number of hydrogen-bond acceptors (Lipinski definition) is 6. The van der Waals surface area contributed by atoms with Crippen LogP contribution >= 0.6 is 15.9 Å². The van der Waals surface area contributed by atoms with Gasteiger partial charge in [-0.15, -0.1) is 0 Å². The predicted octanol–water partition coefficient (Wildman–Crippen LogP) is 3.81. The van der Waals surface area contributed by atoms with Crippen LogP contribution in [-0.4, -0.2) is 26.6 Å². The molecule has 146 valence electrons. The molecule has 0 saturated carbocycles. The van der Waals surface area contributed by atoms with E-state index < -0.39 is 10.0 Å². The molecule has 8 nitrogen and oxygen atoms in total. The first-order valence-corrected chi connectivity index (χ1v) is 10.3. The minimum Gasteiger partial charge on any atom is -0.496 e. The van der Waals surface area contributed by atoms with Crippen molar-refractivity contribution in [3.05, 3.63) is 64.3 Å². The molecule has 3 aromatic rings. The van der Waals surface area contributed by atoms with Gasteiger partial charge in [0.15, 0.2) is 5.82 Å². The molecule has 1 aromatic heterocycles. The Morgan fingerprint density at radius 1 is 1.14 bits per heavy atom. The molecular formula is C18H16BrN3O5S. The van der Waals surface area contributed by atoms with Crippen molar-refractivity contribution in [3.8, 4) is 5.75 Å². The maximum atomic E-state index is 12.4. The van der Waals surface area contributed by atoms with Crippen LogP contribution in [0.1, 0.15) is 16.1 Å². The fraction of sp³-hybridized carbons (Fsp3) is 0.111. The summed E-state index contributed by atoms with van der Waals surface area (Å²) in [5.41, 5.74) is 0.876. The average Bonchev–Trinajstić information content (AvgIpc) is 3.06. The van der Waals surface area contributed by atoms with Crippen LogP contribution in [0, 0.1) is 6.92 Å². The number of rotatable bonds is 6. The van der Waals surface area contributed by atoms with Gasteiger partial charge in [-0.1, -0.05) is 5.16 Å². The highest BCUT2D eigenvalue weighted by molar-refractivity contribution is 9.10. The molecule has 3 rings (SSSR count). The van der Waals surface area contributed by atoms with Crippen LogP contribution in [0.5, 0.6) is 5.75 Å². The lowest BCUT2D eigenvalue weighted by Gasteiger charge is -2.09. The van der Waals surface area contributed by atoms with Crippen LogP contribution in [0.25, 0.3) is 0 Å². The van der Waals surface area contributed by atoms with Crippen LogP contribution in [0.4, 0.5) is 11.5 Å². The van der Waals surface area contributed by atoms with Gasteiger partial charge in [-0.25, -0.2) is 8.42 Å². The summed E-state index contributed by atoms with van der Waals surface area (Å²) in [4.78, 5) is 12.4. The first-order valence-electron chi connectivity index (χ1n) is 7.99. The van der Waals surface area contributed by atoms with Gasteiger partial charge in [-0.2, -0.15) is 0 Å². The summed E-state index contributed by atoms with van der Waals surface area (Å²) in [6, 6.07) is 12.2. The minimum absolute atomic E-state index is 0.0262. The van der Waals surface area contributed by atoms with Crippen molar-refractivity contribution in [1.82, 2.24) is 5.16 Å². The number of benzene rings is 2. The zero-order valence-corrected chi connectivity index (χ0v) is 17.3. The number of carbonyl (C=O) groups is 1. The number of anilines is 2. The molecule has 1 amide bonds. The van der Waals surface area contributed by atoms with Gasteiger partial charge in [0.1, 0.15) is 11.5 Å². The number of nitrogens with zero attached hydrogens (tertiary/aromatic N) is 1. The number of aryl methyl sites for hydroxylation is 1. The van der Waals surface area contributed by atoms with Gasteiger partial charge in [0.2, 0.25) is 0 Å². The van der Waals surface area contributed by atoms with Gasteiger partial charge in [0, 0.05) is 17.3 Å². The van der Waals surface area contributed by atoms with Crippen molar-refractivity contribution < 1.29 is 22.5 Å². The topological polar surface area (TPSA) is 111 Å².